The number of benzene rings is 2. The first-order valence-corrected chi connectivity index (χ1v) is 10.2. The highest BCUT2D eigenvalue weighted by Crippen LogP contribution is 2.28. The van der Waals surface area contributed by atoms with Gasteiger partial charge in [-0.3, -0.25) is 14.2 Å². The second kappa shape index (κ2) is 9.49. The third kappa shape index (κ3) is 4.26. The molecule has 0 aliphatic rings. The van der Waals surface area contributed by atoms with Crippen LogP contribution in [0.4, 0.5) is 5.69 Å². The lowest BCUT2D eigenvalue weighted by Crippen LogP contribution is -2.26. The van der Waals surface area contributed by atoms with E-state index in [1.54, 1.807) is 37.1 Å². The number of aromatic nitrogens is 3. The fourth-order valence-corrected chi connectivity index (χ4v) is 3.61. The number of nitrogens with zero attached hydrogens (tertiary/aromatic N) is 3. The van der Waals surface area contributed by atoms with Gasteiger partial charge < -0.3 is 19.4 Å². The Morgan fingerprint density at radius 3 is 2.53 bits per heavy atom. The number of fused-ring (bicyclic) bond motifs is 1. The summed E-state index contributed by atoms with van der Waals surface area (Å²) in [7, 11) is 3.13. The first-order valence-electron chi connectivity index (χ1n) is 10.2. The molecular weight excluding hydrogens is 408 g/mol. The summed E-state index contributed by atoms with van der Waals surface area (Å²) in [6, 6.07) is 16.8. The Bertz CT molecular complexity index is 1290. The number of para-hydroxylation sites is 2. The van der Waals surface area contributed by atoms with Gasteiger partial charge in [0.25, 0.3) is 5.56 Å². The first-order chi connectivity index (χ1) is 15.6. The molecule has 2 aromatic carbocycles. The molecule has 0 spiro atoms. The van der Waals surface area contributed by atoms with E-state index in [1.165, 1.54) is 10.9 Å². The second-order valence-electron chi connectivity index (χ2n) is 7.22. The van der Waals surface area contributed by atoms with Gasteiger partial charge >= 0.3 is 0 Å². The summed E-state index contributed by atoms with van der Waals surface area (Å²) >= 11 is 0. The highest BCUT2D eigenvalue weighted by atomic mass is 16.5. The zero-order valence-electron chi connectivity index (χ0n) is 17.9. The molecule has 2 heterocycles. The molecule has 0 atom stereocenters. The topological polar surface area (TPSA) is 87.4 Å². The predicted molar refractivity (Wildman–Crippen MR) is 123 cm³/mol. The minimum atomic E-state index is -0.280. The zero-order valence-corrected chi connectivity index (χ0v) is 17.9. The normalized spacial score (nSPS) is 10.9. The summed E-state index contributed by atoms with van der Waals surface area (Å²) in [4.78, 5) is 30.7. The number of anilines is 1. The van der Waals surface area contributed by atoms with Gasteiger partial charge in [-0.1, -0.05) is 42.5 Å². The molecule has 0 unspecified atom stereocenters. The Labute approximate surface area is 185 Å². The number of hydrogen-bond acceptors (Lipinski definition) is 5. The fourth-order valence-electron chi connectivity index (χ4n) is 3.61. The van der Waals surface area contributed by atoms with Crippen molar-refractivity contribution in [2.24, 2.45) is 0 Å². The second-order valence-corrected chi connectivity index (χ2v) is 7.22. The van der Waals surface area contributed by atoms with Crippen molar-refractivity contribution in [3.05, 3.63) is 77.5 Å². The molecule has 32 heavy (non-hydrogen) atoms. The van der Waals surface area contributed by atoms with Crippen molar-refractivity contribution in [2.45, 2.75) is 13.1 Å². The Hall–Kier alpha value is -3.91. The monoisotopic (exact) mass is 432 g/mol. The van der Waals surface area contributed by atoms with Crippen LogP contribution >= 0.6 is 0 Å². The molecule has 0 aliphatic carbocycles. The van der Waals surface area contributed by atoms with Crippen molar-refractivity contribution >= 4 is 22.6 Å². The third-order valence-electron chi connectivity index (χ3n) is 5.16. The van der Waals surface area contributed by atoms with Crippen LogP contribution in [0.15, 0.2) is 71.9 Å². The molecule has 8 heteroatoms. The van der Waals surface area contributed by atoms with Crippen LogP contribution in [-0.4, -0.2) is 40.9 Å². The van der Waals surface area contributed by atoms with Gasteiger partial charge in [-0.15, -0.1) is 0 Å². The van der Waals surface area contributed by atoms with Crippen LogP contribution in [0.25, 0.3) is 22.2 Å². The standard InChI is InChI=1S/C24H24N4O4/c1-31-13-12-27-16-25-22-18(17-8-4-3-5-9-17)14-28(23(22)24(27)30)15-21(29)26-19-10-6-7-11-20(19)32-2/h3-11,14,16H,12-13,15H2,1-2H3,(H,26,29). The molecule has 164 valence electrons. The van der Waals surface area contributed by atoms with Crippen LogP contribution in [-0.2, 0) is 22.6 Å². The van der Waals surface area contributed by atoms with Crippen LogP contribution in [0.3, 0.4) is 0 Å². The van der Waals surface area contributed by atoms with Crippen molar-refractivity contribution in [2.75, 3.05) is 26.1 Å². The number of carbonyl (C=O) groups excluding carboxylic acids is 1. The average molecular weight is 432 g/mol. The number of nitrogens with one attached hydrogen (secondary N) is 1. The number of hydrogen-bond donors (Lipinski definition) is 1. The molecule has 0 bridgehead atoms. The van der Waals surface area contributed by atoms with E-state index in [9.17, 15) is 9.59 Å². The van der Waals surface area contributed by atoms with Crippen molar-refractivity contribution in [3.63, 3.8) is 0 Å². The van der Waals surface area contributed by atoms with E-state index >= 15 is 0 Å². The zero-order chi connectivity index (χ0) is 22.5. The minimum Gasteiger partial charge on any atom is -0.495 e. The highest BCUT2D eigenvalue weighted by Gasteiger charge is 2.18. The molecule has 8 nitrogen and oxygen atoms in total. The maximum atomic E-state index is 13.2. The quantitative estimate of drug-likeness (QED) is 0.462. The summed E-state index contributed by atoms with van der Waals surface area (Å²) in [5.74, 6) is 0.282. The fraction of sp³-hybridized carbons (Fsp3) is 0.208. The van der Waals surface area contributed by atoms with Crippen molar-refractivity contribution in [3.8, 4) is 16.9 Å². The molecule has 0 saturated heterocycles. The molecular formula is C24H24N4O4. The molecule has 0 saturated carbocycles. The molecule has 2 aromatic heterocycles. The van der Waals surface area contributed by atoms with Crippen LogP contribution in [0.5, 0.6) is 5.75 Å². The van der Waals surface area contributed by atoms with Gasteiger partial charge in [-0.2, -0.15) is 0 Å². The van der Waals surface area contributed by atoms with E-state index in [4.69, 9.17) is 9.47 Å². The van der Waals surface area contributed by atoms with E-state index in [-0.39, 0.29) is 18.0 Å². The number of carbonyl (C=O) groups is 1. The summed E-state index contributed by atoms with van der Waals surface area (Å²) in [5, 5.41) is 2.86. The first kappa shape index (κ1) is 21.3. The maximum Gasteiger partial charge on any atom is 0.277 e. The Morgan fingerprint density at radius 1 is 1.03 bits per heavy atom. The summed E-state index contributed by atoms with van der Waals surface area (Å²) in [6.45, 7) is 0.706. The summed E-state index contributed by atoms with van der Waals surface area (Å²) in [6.07, 6.45) is 3.33. The van der Waals surface area contributed by atoms with Gasteiger partial charge in [0.2, 0.25) is 5.91 Å². The largest absolute Gasteiger partial charge is 0.495 e. The van der Waals surface area contributed by atoms with Crippen LogP contribution in [0.1, 0.15) is 0 Å². The highest BCUT2D eigenvalue weighted by molar-refractivity contribution is 5.96. The van der Waals surface area contributed by atoms with Gasteiger partial charge in [-0.25, -0.2) is 4.98 Å². The molecule has 0 fully saturated rings. The Morgan fingerprint density at radius 2 is 1.78 bits per heavy atom. The third-order valence-corrected chi connectivity index (χ3v) is 5.16. The molecule has 1 N–H and O–H groups in total. The maximum absolute atomic E-state index is 13.2. The number of rotatable bonds is 8. The number of methoxy groups -OCH3 is 2. The number of amides is 1. The SMILES string of the molecule is COCCn1cnc2c(-c3ccccc3)cn(CC(=O)Nc3ccccc3OC)c2c1=O. The van der Waals surface area contributed by atoms with Crippen molar-refractivity contribution < 1.29 is 14.3 Å². The van der Waals surface area contributed by atoms with Gasteiger partial charge in [0.15, 0.2) is 0 Å². The van der Waals surface area contributed by atoms with E-state index in [0.717, 1.165) is 11.1 Å². The van der Waals surface area contributed by atoms with Crippen LogP contribution in [0.2, 0.25) is 0 Å². The Balaban J connectivity index is 1.75. The number of ether oxygens (including phenoxy) is 2. The molecule has 0 radical (unpaired) electrons. The van der Waals surface area contributed by atoms with Crippen LogP contribution < -0.4 is 15.6 Å². The lowest BCUT2D eigenvalue weighted by Gasteiger charge is -2.11. The molecule has 4 aromatic rings. The van der Waals surface area contributed by atoms with E-state index in [1.807, 2.05) is 42.5 Å². The van der Waals surface area contributed by atoms with Crippen LogP contribution in [0, 0.1) is 0 Å². The van der Waals surface area contributed by atoms with Gasteiger partial charge in [0, 0.05) is 18.9 Å². The van der Waals surface area contributed by atoms with Crippen molar-refractivity contribution in [1.29, 1.82) is 0 Å². The molecule has 4 rings (SSSR count). The Kier molecular flexibility index (Phi) is 6.32. The summed E-state index contributed by atoms with van der Waals surface area (Å²) < 4.78 is 13.6. The van der Waals surface area contributed by atoms with E-state index in [0.29, 0.717) is 35.6 Å². The lowest BCUT2D eigenvalue weighted by atomic mass is 10.1. The van der Waals surface area contributed by atoms with Crippen molar-refractivity contribution in [1.82, 2.24) is 14.1 Å². The van der Waals surface area contributed by atoms with Gasteiger partial charge in [0.1, 0.15) is 23.3 Å². The smallest absolute Gasteiger partial charge is 0.277 e. The molecule has 1 amide bonds. The van der Waals surface area contributed by atoms with Gasteiger partial charge in [0.05, 0.1) is 32.3 Å². The average Bonchev–Trinajstić information content (AvgIpc) is 3.18. The van der Waals surface area contributed by atoms with Gasteiger partial charge in [-0.05, 0) is 17.7 Å². The minimum absolute atomic E-state index is 0.0490. The molecule has 0 aliphatic heterocycles. The van der Waals surface area contributed by atoms with E-state index < -0.39 is 0 Å². The van der Waals surface area contributed by atoms with E-state index in [2.05, 4.69) is 10.3 Å². The predicted octanol–water partition coefficient (Wildman–Crippen LogP) is 3.16. The lowest BCUT2D eigenvalue weighted by molar-refractivity contribution is -0.116. The summed E-state index contributed by atoms with van der Waals surface area (Å²) in [5.41, 5.74) is 2.98.